The molecule has 2 N–H and O–H groups in total. The minimum absolute atomic E-state index is 0.211. The molecule has 1 aromatic rings. The molecule has 5 nitrogen and oxygen atoms in total. The van der Waals surface area contributed by atoms with Crippen LogP contribution in [0, 0.1) is 5.92 Å². The predicted molar refractivity (Wildman–Crippen MR) is 82.5 cm³/mol. The quantitative estimate of drug-likeness (QED) is 0.894. The highest BCUT2D eigenvalue weighted by atomic mass is 35.5. The molecule has 2 heterocycles. The van der Waals surface area contributed by atoms with E-state index in [4.69, 9.17) is 11.6 Å². The number of rotatable bonds is 4. The highest BCUT2D eigenvalue weighted by Gasteiger charge is 2.15. The third kappa shape index (κ3) is 3.96. The number of hydrogen-bond donors (Lipinski definition) is 2. The van der Waals surface area contributed by atoms with Gasteiger partial charge in [0.25, 0.3) is 5.56 Å². The molecule has 1 atom stereocenters. The first-order valence-corrected chi connectivity index (χ1v) is 7.68. The minimum atomic E-state index is -0.211. The first-order chi connectivity index (χ1) is 9.58. The number of halogens is 1. The molecule has 1 fully saturated rings. The minimum Gasteiger partial charge on any atom is -0.380 e. The third-order valence-electron chi connectivity index (χ3n) is 3.46. The van der Waals surface area contributed by atoms with Crippen LogP contribution in [0.3, 0.4) is 0 Å². The molecule has 20 heavy (non-hydrogen) atoms. The maximum absolute atomic E-state index is 12.2. The van der Waals surface area contributed by atoms with Gasteiger partial charge in [-0.2, -0.15) is 5.10 Å². The molecule has 1 saturated heterocycles. The van der Waals surface area contributed by atoms with Crippen molar-refractivity contribution >= 4 is 17.3 Å². The standard InChI is InChI=1S/C14H23ClN4O/c1-10(2)9-19-14(20)13(15)12(8-17-19)18-11-4-3-6-16-7-5-11/h8,10-11,16,18H,3-7,9H2,1-2H3. The van der Waals surface area contributed by atoms with Crippen molar-refractivity contribution in [3.63, 3.8) is 0 Å². The molecule has 0 aliphatic carbocycles. The molecule has 0 radical (unpaired) electrons. The van der Waals surface area contributed by atoms with Crippen LogP contribution in [0.15, 0.2) is 11.0 Å². The van der Waals surface area contributed by atoms with Crippen LogP contribution in [-0.2, 0) is 6.54 Å². The lowest BCUT2D eigenvalue weighted by Gasteiger charge is -2.18. The van der Waals surface area contributed by atoms with Gasteiger partial charge < -0.3 is 10.6 Å². The van der Waals surface area contributed by atoms with E-state index in [0.717, 1.165) is 32.4 Å². The zero-order valence-electron chi connectivity index (χ0n) is 12.2. The molecule has 2 rings (SSSR count). The van der Waals surface area contributed by atoms with E-state index in [-0.39, 0.29) is 10.6 Å². The van der Waals surface area contributed by atoms with Crippen LogP contribution in [0.1, 0.15) is 33.1 Å². The molecular weight excluding hydrogens is 276 g/mol. The van der Waals surface area contributed by atoms with Gasteiger partial charge in [0.15, 0.2) is 0 Å². The Bertz CT molecular complexity index is 492. The third-order valence-corrected chi connectivity index (χ3v) is 3.82. The molecule has 0 amide bonds. The largest absolute Gasteiger partial charge is 0.380 e. The molecule has 0 spiro atoms. The molecule has 0 bridgehead atoms. The van der Waals surface area contributed by atoms with E-state index >= 15 is 0 Å². The van der Waals surface area contributed by atoms with Gasteiger partial charge in [0.1, 0.15) is 5.02 Å². The lowest BCUT2D eigenvalue weighted by Crippen LogP contribution is -2.28. The highest BCUT2D eigenvalue weighted by molar-refractivity contribution is 6.32. The van der Waals surface area contributed by atoms with Gasteiger partial charge in [-0.3, -0.25) is 4.79 Å². The fraction of sp³-hybridized carbons (Fsp3) is 0.714. The Hall–Kier alpha value is -1.07. The summed E-state index contributed by atoms with van der Waals surface area (Å²) < 4.78 is 1.44. The zero-order chi connectivity index (χ0) is 14.5. The van der Waals surface area contributed by atoms with Gasteiger partial charge in [0.2, 0.25) is 0 Å². The maximum atomic E-state index is 12.2. The van der Waals surface area contributed by atoms with Crippen molar-refractivity contribution < 1.29 is 0 Å². The van der Waals surface area contributed by atoms with Gasteiger partial charge >= 0.3 is 0 Å². The Balaban J connectivity index is 2.12. The molecule has 1 aromatic heterocycles. The van der Waals surface area contributed by atoms with Crippen LogP contribution in [-0.4, -0.2) is 28.9 Å². The van der Waals surface area contributed by atoms with Crippen LogP contribution in [0.2, 0.25) is 5.02 Å². The van der Waals surface area contributed by atoms with Gasteiger partial charge in [-0.15, -0.1) is 0 Å². The number of nitrogens with zero attached hydrogens (tertiary/aromatic N) is 2. The second-order valence-electron chi connectivity index (χ2n) is 5.78. The fourth-order valence-corrected chi connectivity index (χ4v) is 2.63. The summed E-state index contributed by atoms with van der Waals surface area (Å²) in [6.45, 7) is 6.74. The van der Waals surface area contributed by atoms with E-state index in [9.17, 15) is 4.79 Å². The first-order valence-electron chi connectivity index (χ1n) is 7.31. The molecule has 0 aromatic carbocycles. The van der Waals surface area contributed by atoms with E-state index in [1.807, 2.05) is 13.8 Å². The second-order valence-corrected chi connectivity index (χ2v) is 6.15. The van der Waals surface area contributed by atoms with Crippen molar-refractivity contribution in [1.29, 1.82) is 0 Å². The van der Waals surface area contributed by atoms with Gasteiger partial charge in [-0.1, -0.05) is 25.4 Å². The average Bonchev–Trinajstić information content (AvgIpc) is 2.66. The van der Waals surface area contributed by atoms with E-state index < -0.39 is 0 Å². The summed E-state index contributed by atoms with van der Waals surface area (Å²) >= 11 is 6.19. The summed E-state index contributed by atoms with van der Waals surface area (Å²) in [7, 11) is 0. The zero-order valence-corrected chi connectivity index (χ0v) is 12.9. The Morgan fingerprint density at radius 1 is 1.50 bits per heavy atom. The fourth-order valence-electron chi connectivity index (χ4n) is 2.42. The van der Waals surface area contributed by atoms with Crippen molar-refractivity contribution in [2.75, 3.05) is 18.4 Å². The predicted octanol–water partition coefficient (Wildman–Crippen LogP) is 2.11. The maximum Gasteiger partial charge on any atom is 0.287 e. The molecule has 112 valence electrons. The van der Waals surface area contributed by atoms with Crippen LogP contribution in [0.4, 0.5) is 5.69 Å². The summed E-state index contributed by atoms with van der Waals surface area (Å²) in [4.78, 5) is 12.2. The van der Waals surface area contributed by atoms with E-state index in [1.54, 1.807) is 6.20 Å². The number of anilines is 1. The van der Waals surface area contributed by atoms with Crippen LogP contribution >= 0.6 is 11.6 Å². The molecule has 0 saturated carbocycles. The first kappa shape index (κ1) is 15.3. The molecule has 1 aliphatic heterocycles. The Morgan fingerprint density at radius 2 is 2.30 bits per heavy atom. The topological polar surface area (TPSA) is 59.0 Å². The van der Waals surface area contributed by atoms with Crippen molar-refractivity contribution in [2.24, 2.45) is 5.92 Å². The van der Waals surface area contributed by atoms with E-state index in [2.05, 4.69) is 15.7 Å². The van der Waals surface area contributed by atoms with Crippen LogP contribution in [0.5, 0.6) is 0 Å². The summed E-state index contributed by atoms with van der Waals surface area (Å²) in [6.07, 6.45) is 4.92. The summed E-state index contributed by atoms with van der Waals surface area (Å²) in [5.41, 5.74) is 0.445. The highest BCUT2D eigenvalue weighted by Crippen LogP contribution is 2.19. The summed E-state index contributed by atoms with van der Waals surface area (Å²) in [6, 6.07) is 0.352. The summed E-state index contributed by atoms with van der Waals surface area (Å²) in [5, 5.41) is 11.2. The van der Waals surface area contributed by atoms with Gasteiger partial charge in [-0.05, 0) is 38.3 Å². The van der Waals surface area contributed by atoms with E-state index in [1.165, 1.54) is 4.68 Å². The normalized spacial score (nSPS) is 19.9. The number of nitrogens with one attached hydrogen (secondary N) is 2. The molecular formula is C14H23ClN4O. The Labute approximate surface area is 124 Å². The molecule has 6 heteroatoms. The van der Waals surface area contributed by atoms with E-state index in [0.29, 0.717) is 24.2 Å². The Kier molecular flexibility index (Phi) is 5.43. The second kappa shape index (κ2) is 7.09. The average molecular weight is 299 g/mol. The lowest BCUT2D eigenvalue weighted by atomic mass is 10.1. The van der Waals surface area contributed by atoms with Gasteiger partial charge in [-0.25, -0.2) is 4.68 Å². The molecule has 1 aliphatic rings. The van der Waals surface area contributed by atoms with Crippen LogP contribution < -0.4 is 16.2 Å². The van der Waals surface area contributed by atoms with Crippen molar-refractivity contribution in [1.82, 2.24) is 15.1 Å². The van der Waals surface area contributed by atoms with Gasteiger partial charge in [0, 0.05) is 12.6 Å². The SMILES string of the molecule is CC(C)Cn1ncc(NC2CCCNCC2)c(Cl)c1=O. The van der Waals surface area contributed by atoms with Gasteiger partial charge in [0.05, 0.1) is 11.9 Å². The van der Waals surface area contributed by atoms with Crippen molar-refractivity contribution in [3.8, 4) is 0 Å². The Morgan fingerprint density at radius 3 is 3.05 bits per heavy atom. The number of hydrogen-bond acceptors (Lipinski definition) is 4. The summed E-state index contributed by atoms with van der Waals surface area (Å²) in [5.74, 6) is 0.364. The number of aromatic nitrogens is 2. The van der Waals surface area contributed by atoms with Crippen molar-refractivity contribution in [3.05, 3.63) is 21.6 Å². The smallest absolute Gasteiger partial charge is 0.287 e. The molecule has 1 unspecified atom stereocenters. The lowest BCUT2D eigenvalue weighted by molar-refractivity contribution is 0.464. The van der Waals surface area contributed by atoms with Crippen LogP contribution in [0.25, 0.3) is 0 Å². The van der Waals surface area contributed by atoms with Crippen molar-refractivity contribution in [2.45, 2.75) is 45.7 Å². The monoisotopic (exact) mass is 298 g/mol.